The van der Waals surface area contributed by atoms with Crippen LogP contribution < -0.4 is 10.7 Å². The Hall–Kier alpha value is -1.18. The second-order valence-electron chi connectivity index (χ2n) is 3.02. The van der Waals surface area contributed by atoms with Crippen LogP contribution in [0.15, 0.2) is 34.3 Å². The number of hydrogen-bond donors (Lipinski definition) is 0. The van der Waals surface area contributed by atoms with Gasteiger partial charge < -0.3 is 0 Å². The molecule has 1 aromatic rings. The summed E-state index contributed by atoms with van der Waals surface area (Å²) in [6.45, 7) is 3.01. The maximum atomic E-state index is 4.57. The van der Waals surface area contributed by atoms with E-state index in [1.54, 1.807) is 0 Å². The number of benzene rings is 1. The lowest BCUT2D eigenvalue weighted by atomic mass is 10.2. The van der Waals surface area contributed by atoms with Gasteiger partial charge in [0.25, 0.3) is 0 Å². The lowest BCUT2D eigenvalue weighted by molar-refractivity contribution is 0.620. The van der Waals surface area contributed by atoms with Gasteiger partial charge in [-0.05, 0) is 18.6 Å². The van der Waals surface area contributed by atoms with Crippen LogP contribution in [0.1, 0.15) is 13.3 Å². The Kier molecular flexibility index (Phi) is 1.90. The van der Waals surface area contributed by atoms with E-state index in [9.17, 15) is 0 Å². The minimum Gasteiger partial charge on any atom is -0.281 e. The fourth-order valence-corrected chi connectivity index (χ4v) is 1.37. The van der Waals surface area contributed by atoms with Crippen LogP contribution >= 0.6 is 0 Å². The first-order chi connectivity index (χ1) is 5.90. The summed E-state index contributed by atoms with van der Waals surface area (Å²) in [5, 5.41) is 2.10. The van der Waals surface area contributed by atoms with E-state index in [2.05, 4.69) is 16.9 Å². The Morgan fingerprint density at radius 2 is 2.08 bits per heavy atom. The highest BCUT2D eigenvalue weighted by atomic mass is 14.9. The van der Waals surface area contributed by atoms with Gasteiger partial charge in [-0.3, -0.25) is 9.98 Å². The molecule has 2 nitrogen and oxygen atoms in total. The number of fused-ring (bicyclic) bond motifs is 1. The fourth-order valence-electron chi connectivity index (χ4n) is 1.37. The van der Waals surface area contributed by atoms with Crippen molar-refractivity contribution in [1.82, 2.24) is 0 Å². The molecule has 0 fully saturated rings. The SMILES string of the molecule is CCC1CN=c2ccccc2=N1. The minimum absolute atomic E-state index is 0.403. The summed E-state index contributed by atoms with van der Waals surface area (Å²) < 4.78 is 0. The Morgan fingerprint density at radius 3 is 2.83 bits per heavy atom. The number of para-hydroxylation sites is 2. The van der Waals surface area contributed by atoms with Gasteiger partial charge in [-0.2, -0.15) is 0 Å². The van der Waals surface area contributed by atoms with E-state index < -0.39 is 0 Å². The van der Waals surface area contributed by atoms with Gasteiger partial charge >= 0.3 is 0 Å². The predicted octanol–water partition coefficient (Wildman–Crippen LogP) is 0.718. The number of nitrogens with zero attached hydrogens (tertiary/aromatic N) is 2. The third-order valence-electron chi connectivity index (χ3n) is 2.15. The summed E-state index contributed by atoms with van der Waals surface area (Å²) >= 11 is 0. The summed E-state index contributed by atoms with van der Waals surface area (Å²) in [4.78, 5) is 9.02. The van der Waals surface area contributed by atoms with E-state index in [4.69, 9.17) is 0 Å². The quantitative estimate of drug-likeness (QED) is 0.578. The van der Waals surface area contributed by atoms with Crippen LogP contribution in [-0.2, 0) is 0 Å². The van der Waals surface area contributed by atoms with E-state index >= 15 is 0 Å². The molecule has 1 heterocycles. The van der Waals surface area contributed by atoms with Crippen molar-refractivity contribution in [2.75, 3.05) is 6.54 Å². The van der Waals surface area contributed by atoms with Crippen LogP contribution in [0.25, 0.3) is 0 Å². The highest BCUT2D eigenvalue weighted by Crippen LogP contribution is 1.97. The molecule has 12 heavy (non-hydrogen) atoms. The monoisotopic (exact) mass is 160 g/mol. The van der Waals surface area contributed by atoms with Crippen molar-refractivity contribution in [3.8, 4) is 0 Å². The average molecular weight is 160 g/mol. The second-order valence-corrected chi connectivity index (χ2v) is 3.02. The highest BCUT2D eigenvalue weighted by Gasteiger charge is 2.05. The summed E-state index contributed by atoms with van der Waals surface area (Å²) in [5.74, 6) is 0. The first-order valence-corrected chi connectivity index (χ1v) is 4.37. The molecule has 1 unspecified atom stereocenters. The standard InChI is InChI=1S/C10H12N2/c1-2-8-7-11-9-5-3-4-6-10(9)12-8/h3-6,8H,2,7H2,1H3. The first-order valence-electron chi connectivity index (χ1n) is 4.37. The maximum absolute atomic E-state index is 4.57. The van der Waals surface area contributed by atoms with E-state index in [-0.39, 0.29) is 0 Å². The van der Waals surface area contributed by atoms with Gasteiger partial charge in [0.1, 0.15) is 0 Å². The molecule has 0 radical (unpaired) electrons. The van der Waals surface area contributed by atoms with Gasteiger partial charge in [-0.25, -0.2) is 0 Å². The molecule has 0 aliphatic carbocycles. The molecule has 1 aromatic carbocycles. The molecule has 2 heteroatoms. The molecule has 0 aromatic heterocycles. The first kappa shape index (κ1) is 7.47. The van der Waals surface area contributed by atoms with Gasteiger partial charge in [-0.15, -0.1) is 0 Å². The molecule has 0 bridgehead atoms. The molecule has 62 valence electrons. The Bertz CT molecular complexity index is 381. The molecule has 1 atom stereocenters. The van der Waals surface area contributed by atoms with E-state index in [0.29, 0.717) is 6.04 Å². The van der Waals surface area contributed by atoms with Crippen LogP contribution in [0.5, 0.6) is 0 Å². The zero-order valence-electron chi connectivity index (χ0n) is 7.20. The zero-order chi connectivity index (χ0) is 8.39. The Balaban J connectivity index is 2.56. The smallest absolute Gasteiger partial charge is 0.0830 e. The lowest BCUT2D eigenvalue weighted by Crippen LogP contribution is -2.33. The van der Waals surface area contributed by atoms with Gasteiger partial charge in [0.2, 0.25) is 0 Å². The summed E-state index contributed by atoms with van der Waals surface area (Å²) in [7, 11) is 0. The largest absolute Gasteiger partial charge is 0.281 e. The van der Waals surface area contributed by atoms with Gasteiger partial charge in [0, 0.05) is 0 Å². The van der Waals surface area contributed by atoms with Crippen molar-refractivity contribution in [3.05, 3.63) is 35.0 Å². The Morgan fingerprint density at radius 1 is 1.33 bits per heavy atom. The van der Waals surface area contributed by atoms with Crippen LogP contribution in [0, 0.1) is 0 Å². The topological polar surface area (TPSA) is 24.7 Å². The molecule has 0 saturated heterocycles. The average Bonchev–Trinajstić information content (AvgIpc) is 2.17. The summed E-state index contributed by atoms with van der Waals surface area (Å²) in [6, 6.07) is 8.46. The number of hydrogen-bond acceptors (Lipinski definition) is 2. The van der Waals surface area contributed by atoms with Crippen molar-refractivity contribution in [1.29, 1.82) is 0 Å². The van der Waals surface area contributed by atoms with Gasteiger partial charge in [0.05, 0.1) is 23.3 Å². The fraction of sp³-hybridized carbons (Fsp3) is 0.400. The normalized spacial score (nSPS) is 20.6. The predicted molar refractivity (Wildman–Crippen MR) is 47.7 cm³/mol. The molecule has 0 saturated carbocycles. The third-order valence-corrected chi connectivity index (χ3v) is 2.15. The molecule has 2 rings (SSSR count). The van der Waals surface area contributed by atoms with E-state index in [1.165, 1.54) is 0 Å². The van der Waals surface area contributed by atoms with Crippen molar-refractivity contribution in [2.45, 2.75) is 19.4 Å². The van der Waals surface area contributed by atoms with Crippen molar-refractivity contribution in [2.24, 2.45) is 9.98 Å². The van der Waals surface area contributed by atoms with Crippen LogP contribution in [0.3, 0.4) is 0 Å². The summed E-state index contributed by atoms with van der Waals surface area (Å²) in [5.41, 5.74) is 0. The second kappa shape index (κ2) is 3.05. The van der Waals surface area contributed by atoms with Crippen molar-refractivity contribution in [3.63, 3.8) is 0 Å². The van der Waals surface area contributed by atoms with Crippen molar-refractivity contribution < 1.29 is 0 Å². The maximum Gasteiger partial charge on any atom is 0.0830 e. The third kappa shape index (κ3) is 1.24. The zero-order valence-corrected chi connectivity index (χ0v) is 7.20. The molecule has 0 amide bonds. The van der Waals surface area contributed by atoms with Crippen LogP contribution in [0.4, 0.5) is 0 Å². The molecule has 1 aliphatic rings. The van der Waals surface area contributed by atoms with Gasteiger partial charge in [-0.1, -0.05) is 19.1 Å². The lowest BCUT2D eigenvalue weighted by Gasteiger charge is -2.09. The van der Waals surface area contributed by atoms with Crippen LogP contribution in [0.2, 0.25) is 0 Å². The Labute approximate surface area is 71.7 Å². The van der Waals surface area contributed by atoms with Crippen LogP contribution in [-0.4, -0.2) is 12.6 Å². The molecular weight excluding hydrogens is 148 g/mol. The molecule has 0 spiro atoms. The molecular formula is C10H12N2. The number of rotatable bonds is 1. The summed E-state index contributed by atoms with van der Waals surface area (Å²) in [6.07, 6.45) is 1.08. The van der Waals surface area contributed by atoms with E-state index in [0.717, 1.165) is 23.7 Å². The van der Waals surface area contributed by atoms with Crippen molar-refractivity contribution >= 4 is 0 Å². The highest BCUT2D eigenvalue weighted by molar-refractivity contribution is 5.02. The molecule has 1 aliphatic heterocycles. The molecule has 0 N–H and O–H groups in total. The minimum atomic E-state index is 0.403. The van der Waals surface area contributed by atoms with Gasteiger partial charge in [0.15, 0.2) is 0 Å². The van der Waals surface area contributed by atoms with E-state index in [1.807, 2.05) is 24.3 Å².